The number of aromatic amines is 1. The molecule has 0 aliphatic rings. The monoisotopic (exact) mass is 235 g/mol. The lowest BCUT2D eigenvalue weighted by molar-refractivity contribution is 1.55. The maximum Gasteiger partial charge on any atom is 0.0833 e. The fourth-order valence-corrected chi connectivity index (χ4v) is 2.23. The molecule has 0 saturated carbocycles. The number of para-hydroxylation sites is 1. The Bertz CT molecular complexity index is 655. The summed E-state index contributed by atoms with van der Waals surface area (Å²) in [4.78, 5) is 3.27. The second kappa shape index (κ2) is 3.16. The summed E-state index contributed by atoms with van der Waals surface area (Å²) in [6, 6.07) is 11.9. The lowest BCUT2D eigenvalue weighted by atomic mass is 10.1. The van der Waals surface area contributed by atoms with Gasteiger partial charge in [0.2, 0.25) is 0 Å². The van der Waals surface area contributed by atoms with Crippen molar-refractivity contribution >= 4 is 45.0 Å². The van der Waals surface area contributed by atoms with Crippen LogP contribution in [0.15, 0.2) is 36.4 Å². The Hall–Kier alpha value is -1.18. The molecule has 1 aromatic heterocycles. The highest BCUT2D eigenvalue weighted by Gasteiger charge is 2.08. The molecule has 1 N–H and O–H groups in total. The fourth-order valence-electron chi connectivity index (χ4n) is 1.86. The molecule has 2 aromatic carbocycles. The van der Waals surface area contributed by atoms with Crippen LogP contribution < -0.4 is 0 Å². The summed E-state index contributed by atoms with van der Waals surface area (Å²) in [6.45, 7) is 0. The van der Waals surface area contributed by atoms with Crippen LogP contribution in [0.1, 0.15) is 0 Å². The molecule has 0 bridgehead atoms. The number of benzene rings is 2. The zero-order valence-electron chi connectivity index (χ0n) is 7.72. The third kappa shape index (κ3) is 1.24. The molecule has 3 aromatic rings. The van der Waals surface area contributed by atoms with Crippen LogP contribution in [0.25, 0.3) is 21.8 Å². The molecule has 0 atom stereocenters. The highest BCUT2D eigenvalue weighted by Crippen LogP contribution is 2.34. The first kappa shape index (κ1) is 9.08. The molecule has 0 radical (unpaired) electrons. The largest absolute Gasteiger partial charge is 0.353 e. The number of halogens is 2. The zero-order valence-corrected chi connectivity index (χ0v) is 9.23. The van der Waals surface area contributed by atoms with Crippen molar-refractivity contribution in [3.05, 3.63) is 46.4 Å². The zero-order chi connectivity index (χ0) is 10.4. The van der Waals surface area contributed by atoms with E-state index in [0.717, 1.165) is 16.4 Å². The summed E-state index contributed by atoms with van der Waals surface area (Å²) < 4.78 is 0. The molecule has 1 nitrogen and oxygen atoms in total. The van der Waals surface area contributed by atoms with Gasteiger partial charge in [0.05, 0.1) is 15.6 Å². The summed E-state index contributed by atoms with van der Waals surface area (Å²) in [5, 5.41) is 3.45. The minimum atomic E-state index is 0.579. The second-order valence-corrected chi connectivity index (χ2v) is 4.24. The number of H-pyrrole nitrogens is 1. The molecule has 0 fully saturated rings. The third-order valence-corrected chi connectivity index (χ3v) is 3.38. The van der Waals surface area contributed by atoms with Gasteiger partial charge in [-0.05, 0) is 12.1 Å². The van der Waals surface area contributed by atoms with Crippen molar-refractivity contribution in [3.8, 4) is 0 Å². The van der Waals surface area contributed by atoms with Gasteiger partial charge >= 0.3 is 0 Å². The van der Waals surface area contributed by atoms with E-state index in [1.165, 1.54) is 5.39 Å². The maximum atomic E-state index is 6.13. The van der Waals surface area contributed by atoms with Crippen molar-refractivity contribution in [2.24, 2.45) is 0 Å². The minimum Gasteiger partial charge on any atom is -0.353 e. The molecule has 0 spiro atoms. The molecule has 0 unspecified atom stereocenters. The predicted molar refractivity (Wildman–Crippen MR) is 65.8 cm³/mol. The van der Waals surface area contributed by atoms with Gasteiger partial charge in [0.25, 0.3) is 0 Å². The van der Waals surface area contributed by atoms with Gasteiger partial charge in [-0.3, -0.25) is 0 Å². The average Bonchev–Trinajstić information content (AvgIpc) is 2.63. The summed E-state index contributed by atoms with van der Waals surface area (Å²) >= 11 is 12.1. The normalized spacial score (nSPS) is 11.3. The van der Waals surface area contributed by atoms with Crippen LogP contribution in [-0.2, 0) is 0 Å². The van der Waals surface area contributed by atoms with Gasteiger partial charge in [-0.2, -0.15) is 0 Å². The summed E-state index contributed by atoms with van der Waals surface area (Å²) in [7, 11) is 0. The Morgan fingerprint density at radius 3 is 2.53 bits per heavy atom. The van der Waals surface area contributed by atoms with Gasteiger partial charge in [0, 0.05) is 16.3 Å². The molecule has 0 aliphatic heterocycles. The van der Waals surface area contributed by atoms with Gasteiger partial charge in [-0.25, -0.2) is 0 Å². The number of hydrogen-bond donors (Lipinski definition) is 1. The van der Waals surface area contributed by atoms with E-state index in [2.05, 4.69) is 11.1 Å². The molecule has 3 rings (SSSR count). The van der Waals surface area contributed by atoms with Gasteiger partial charge in [-0.15, -0.1) is 0 Å². The third-order valence-electron chi connectivity index (χ3n) is 2.57. The van der Waals surface area contributed by atoms with Crippen LogP contribution in [-0.4, -0.2) is 4.98 Å². The number of aromatic nitrogens is 1. The van der Waals surface area contributed by atoms with Crippen molar-refractivity contribution in [1.82, 2.24) is 4.98 Å². The summed E-state index contributed by atoms with van der Waals surface area (Å²) in [5.41, 5.74) is 1.99. The quantitative estimate of drug-likeness (QED) is 0.585. The minimum absolute atomic E-state index is 0.579. The predicted octanol–water partition coefficient (Wildman–Crippen LogP) is 4.63. The van der Waals surface area contributed by atoms with Gasteiger partial charge in [0.1, 0.15) is 0 Å². The molecule has 15 heavy (non-hydrogen) atoms. The molecular formula is C12H7Cl2N. The Balaban J connectivity index is 2.60. The maximum absolute atomic E-state index is 6.13. The highest BCUT2D eigenvalue weighted by molar-refractivity contribution is 6.45. The molecule has 0 amide bonds. The Kier molecular flexibility index (Phi) is 1.91. The molecule has 3 heteroatoms. The topological polar surface area (TPSA) is 15.8 Å². The van der Waals surface area contributed by atoms with Crippen LogP contribution >= 0.6 is 23.2 Å². The van der Waals surface area contributed by atoms with E-state index in [-0.39, 0.29) is 0 Å². The van der Waals surface area contributed by atoms with Crippen molar-refractivity contribution in [2.45, 2.75) is 0 Å². The molecule has 74 valence electrons. The van der Waals surface area contributed by atoms with E-state index in [9.17, 15) is 0 Å². The fraction of sp³-hybridized carbons (Fsp3) is 0. The average molecular weight is 236 g/mol. The highest BCUT2D eigenvalue weighted by atomic mass is 35.5. The van der Waals surface area contributed by atoms with Crippen LogP contribution in [0.2, 0.25) is 10.0 Å². The van der Waals surface area contributed by atoms with Gasteiger partial charge < -0.3 is 4.98 Å². The first-order chi connectivity index (χ1) is 7.27. The van der Waals surface area contributed by atoms with E-state index in [4.69, 9.17) is 23.2 Å². The summed E-state index contributed by atoms with van der Waals surface area (Å²) in [6.07, 6.45) is 0. The second-order valence-electron chi connectivity index (χ2n) is 3.45. The first-order valence-corrected chi connectivity index (χ1v) is 5.37. The van der Waals surface area contributed by atoms with E-state index in [1.807, 2.05) is 30.3 Å². The molecule has 0 saturated heterocycles. The standard InChI is InChI=1S/C12H7Cl2N/c13-9-6-5-8-7-3-1-2-4-10(7)15-12(8)11(9)14/h1-6,15H. The lowest BCUT2D eigenvalue weighted by Gasteiger charge is -1.96. The van der Waals surface area contributed by atoms with Crippen LogP contribution in [0.3, 0.4) is 0 Å². The Morgan fingerprint density at radius 1 is 0.867 bits per heavy atom. The molecule has 1 heterocycles. The number of rotatable bonds is 0. The SMILES string of the molecule is Clc1ccc2c([nH]c3ccccc32)c1Cl. The van der Waals surface area contributed by atoms with Crippen LogP contribution in [0, 0.1) is 0 Å². The smallest absolute Gasteiger partial charge is 0.0833 e. The number of hydrogen-bond acceptors (Lipinski definition) is 0. The molecular weight excluding hydrogens is 229 g/mol. The number of nitrogens with one attached hydrogen (secondary N) is 1. The molecule has 0 aliphatic carbocycles. The van der Waals surface area contributed by atoms with E-state index >= 15 is 0 Å². The summed E-state index contributed by atoms with van der Waals surface area (Å²) in [5.74, 6) is 0. The van der Waals surface area contributed by atoms with E-state index < -0.39 is 0 Å². The van der Waals surface area contributed by atoms with Crippen molar-refractivity contribution < 1.29 is 0 Å². The van der Waals surface area contributed by atoms with E-state index in [0.29, 0.717) is 10.0 Å². The lowest BCUT2D eigenvalue weighted by Crippen LogP contribution is -1.72. The van der Waals surface area contributed by atoms with Crippen LogP contribution in [0.5, 0.6) is 0 Å². The van der Waals surface area contributed by atoms with Crippen molar-refractivity contribution in [2.75, 3.05) is 0 Å². The first-order valence-electron chi connectivity index (χ1n) is 4.62. The number of fused-ring (bicyclic) bond motifs is 3. The van der Waals surface area contributed by atoms with Crippen molar-refractivity contribution in [3.63, 3.8) is 0 Å². The van der Waals surface area contributed by atoms with Crippen molar-refractivity contribution in [1.29, 1.82) is 0 Å². The van der Waals surface area contributed by atoms with Crippen LogP contribution in [0.4, 0.5) is 0 Å². The van der Waals surface area contributed by atoms with E-state index in [1.54, 1.807) is 0 Å². The van der Waals surface area contributed by atoms with Gasteiger partial charge in [0.15, 0.2) is 0 Å². The Morgan fingerprint density at radius 2 is 1.67 bits per heavy atom. The van der Waals surface area contributed by atoms with Gasteiger partial charge in [-0.1, -0.05) is 47.5 Å². The Labute approximate surface area is 96.6 Å².